The molecule has 2 fully saturated rings. The van der Waals surface area contributed by atoms with Gasteiger partial charge in [0.1, 0.15) is 0 Å². The Bertz CT molecular complexity index is 200. The van der Waals surface area contributed by atoms with Crippen molar-refractivity contribution < 1.29 is 4.74 Å². The number of rotatable bonds is 4. The van der Waals surface area contributed by atoms with Gasteiger partial charge in [0.15, 0.2) is 0 Å². The Morgan fingerprint density at radius 3 is 2.57 bits per heavy atom. The Hall–Kier alpha value is -0.0800. The van der Waals surface area contributed by atoms with Crippen molar-refractivity contribution in [2.75, 3.05) is 7.11 Å². The molecule has 2 nitrogen and oxygen atoms in total. The number of methoxy groups -OCH3 is 1. The second kappa shape index (κ2) is 3.82. The average Bonchev–Trinajstić information content (AvgIpc) is 2.77. The first kappa shape index (κ1) is 10.4. The maximum Gasteiger partial charge on any atom is 0.0586 e. The first-order valence-corrected chi connectivity index (χ1v) is 5.93. The molecule has 0 amide bonds. The predicted octanol–water partition coefficient (Wildman–Crippen LogP) is 2.33. The van der Waals surface area contributed by atoms with Crippen molar-refractivity contribution >= 4 is 0 Å². The zero-order valence-electron chi connectivity index (χ0n) is 9.68. The van der Waals surface area contributed by atoms with Crippen molar-refractivity contribution in [2.45, 2.75) is 64.1 Å². The van der Waals surface area contributed by atoms with E-state index >= 15 is 0 Å². The fourth-order valence-corrected chi connectivity index (χ4v) is 2.49. The topological polar surface area (TPSA) is 21.3 Å². The Morgan fingerprint density at radius 1 is 1.36 bits per heavy atom. The summed E-state index contributed by atoms with van der Waals surface area (Å²) in [6, 6.07) is 1.38. The van der Waals surface area contributed by atoms with Crippen LogP contribution in [0.3, 0.4) is 0 Å². The Balaban J connectivity index is 1.75. The molecule has 82 valence electrons. The molecule has 14 heavy (non-hydrogen) atoms. The summed E-state index contributed by atoms with van der Waals surface area (Å²) in [7, 11) is 1.83. The van der Waals surface area contributed by atoms with Crippen LogP contribution in [0, 0.1) is 5.41 Å². The molecule has 2 saturated carbocycles. The van der Waals surface area contributed by atoms with Gasteiger partial charge >= 0.3 is 0 Å². The highest BCUT2D eigenvalue weighted by Crippen LogP contribution is 2.48. The number of hydrogen-bond acceptors (Lipinski definition) is 2. The molecule has 3 atom stereocenters. The van der Waals surface area contributed by atoms with Crippen LogP contribution in [0.25, 0.3) is 0 Å². The highest BCUT2D eigenvalue weighted by atomic mass is 16.5. The predicted molar refractivity (Wildman–Crippen MR) is 58.4 cm³/mol. The van der Waals surface area contributed by atoms with E-state index in [9.17, 15) is 0 Å². The molecule has 2 heteroatoms. The SMILES string of the molecule is COC1CCC(NC(C)C2(C)CC2)C1. The van der Waals surface area contributed by atoms with Gasteiger partial charge in [-0.05, 0) is 44.4 Å². The Morgan fingerprint density at radius 2 is 2.07 bits per heavy atom. The van der Waals surface area contributed by atoms with E-state index in [2.05, 4.69) is 19.2 Å². The van der Waals surface area contributed by atoms with Crippen LogP contribution in [0.4, 0.5) is 0 Å². The minimum absolute atomic E-state index is 0.506. The maximum atomic E-state index is 5.38. The van der Waals surface area contributed by atoms with Crippen LogP contribution in [0.1, 0.15) is 46.0 Å². The van der Waals surface area contributed by atoms with Crippen LogP contribution in [0.15, 0.2) is 0 Å². The van der Waals surface area contributed by atoms with Crippen LogP contribution >= 0.6 is 0 Å². The second-order valence-corrected chi connectivity index (χ2v) is 5.41. The van der Waals surface area contributed by atoms with E-state index in [-0.39, 0.29) is 0 Å². The first-order chi connectivity index (χ1) is 6.64. The molecule has 2 aliphatic rings. The van der Waals surface area contributed by atoms with E-state index in [1.807, 2.05) is 7.11 Å². The lowest BCUT2D eigenvalue weighted by Gasteiger charge is -2.24. The zero-order valence-corrected chi connectivity index (χ0v) is 9.68. The lowest BCUT2D eigenvalue weighted by molar-refractivity contribution is 0.106. The lowest BCUT2D eigenvalue weighted by atomic mass is 9.99. The number of nitrogens with one attached hydrogen (secondary N) is 1. The van der Waals surface area contributed by atoms with Gasteiger partial charge in [-0.1, -0.05) is 6.92 Å². The van der Waals surface area contributed by atoms with Crippen molar-refractivity contribution in [1.82, 2.24) is 5.32 Å². The van der Waals surface area contributed by atoms with Gasteiger partial charge in [-0.15, -0.1) is 0 Å². The van der Waals surface area contributed by atoms with E-state index < -0.39 is 0 Å². The summed E-state index contributed by atoms with van der Waals surface area (Å²) >= 11 is 0. The molecular weight excluding hydrogens is 174 g/mol. The van der Waals surface area contributed by atoms with Gasteiger partial charge < -0.3 is 10.1 Å². The summed E-state index contributed by atoms with van der Waals surface area (Å²) in [5, 5.41) is 3.77. The van der Waals surface area contributed by atoms with Crippen molar-refractivity contribution in [2.24, 2.45) is 5.41 Å². The molecule has 0 bridgehead atoms. The van der Waals surface area contributed by atoms with Gasteiger partial charge in [0.05, 0.1) is 6.10 Å². The Labute approximate surface area is 87.4 Å². The minimum Gasteiger partial charge on any atom is -0.381 e. The molecular formula is C12H23NO. The summed E-state index contributed by atoms with van der Waals surface area (Å²) in [6.45, 7) is 4.74. The zero-order chi connectivity index (χ0) is 10.2. The third kappa shape index (κ3) is 2.12. The van der Waals surface area contributed by atoms with E-state index in [0.717, 1.165) is 0 Å². The average molecular weight is 197 g/mol. The van der Waals surface area contributed by atoms with Crippen molar-refractivity contribution in [3.05, 3.63) is 0 Å². The molecule has 0 aromatic rings. The smallest absolute Gasteiger partial charge is 0.0586 e. The third-order valence-electron chi connectivity index (χ3n) is 4.29. The van der Waals surface area contributed by atoms with Crippen molar-refractivity contribution in [1.29, 1.82) is 0 Å². The van der Waals surface area contributed by atoms with Gasteiger partial charge in [-0.3, -0.25) is 0 Å². The number of ether oxygens (including phenoxy) is 1. The molecule has 0 aromatic heterocycles. The summed E-state index contributed by atoms with van der Waals surface area (Å²) in [5.74, 6) is 0. The van der Waals surface area contributed by atoms with Gasteiger partial charge in [0.25, 0.3) is 0 Å². The second-order valence-electron chi connectivity index (χ2n) is 5.41. The van der Waals surface area contributed by atoms with E-state index in [0.29, 0.717) is 23.6 Å². The van der Waals surface area contributed by atoms with Crippen LogP contribution < -0.4 is 5.32 Å². The minimum atomic E-state index is 0.506. The summed E-state index contributed by atoms with van der Waals surface area (Å²) in [4.78, 5) is 0. The van der Waals surface area contributed by atoms with E-state index in [1.54, 1.807) is 0 Å². The molecule has 0 aromatic carbocycles. The van der Waals surface area contributed by atoms with Gasteiger partial charge in [0.2, 0.25) is 0 Å². The van der Waals surface area contributed by atoms with Crippen molar-refractivity contribution in [3.63, 3.8) is 0 Å². The molecule has 0 saturated heterocycles. The molecule has 2 aliphatic carbocycles. The first-order valence-electron chi connectivity index (χ1n) is 5.93. The quantitative estimate of drug-likeness (QED) is 0.747. The molecule has 2 rings (SSSR count). The lowest BCUT2D eigenvalue weighted by Crippen LogP contribution is -2.40. The fraction of sp³-hybridized carbons (Fsp3) is 1.00. The standard InChI is InChI=1S/C12H23NO/c1-9(12(2)6-7-12)13-10-4-5-11(8-10)14-3/h9-11,13H,4-8H2,1-3H3. The monoisotopic (exact) mass is 197 g/mol. The normalized spacial score (nSPS) is 37.1. The largest absolute Gasteiger partial charge is 0.381 e. The van der Waals surface area contributed by atoms with E-state index in [4.69, 9.17) is 4.74 Å². The summed E-state index contributed by atoms with van der Waals surface area (Å²) in [6.07, 6.45) is 7.04. The van der Waals surface area contributed by atoms with Crippen LogP contribution in [-0.4, -0.2) is 25.3 Å². The summed E-state index contributed by atoms with van der Waals surface area (Å²) in [5.41, 5.74) is 0.602. The molecule has 0 heterocycles. The number of hydrogen-bond donors (Lipinski definition) is 1. The van der Waals surface area contributed by atoms with Crippen LogP contribution in [0.5, 0.6) is 0 Å². The molecule has 0 radical (unpaired) electrons. The van der Waals surface area contributed by atoms with Gasteiger partial charge in [0, 0.05) is 19.2 Å². The van der Waals surface area contributed by atoms with Crippen LogP contribution in [0.2, 0.25) is 0 Å². The summed E-state index contributed by atoms with van der Waals surface area (Å²) < 4.78 is 5.38. The fourth-order valence-electron chi connectivity index (χ4n) is 2.49. The van der Waals surface area contributed by atoms with Crippen molar-refractivity contribution in [3.8, 4) is 0 Å². The molecule has 0 aliphatic heterocycles. The molecule has 3 unspecified atom stereocenters. The highest BCUT2D eigenvalue weighted by molar-refractivity contribution is 4.98. The maximum absolute atomic E-state index is 5.38. The third-order valence-corrected chi connectivity index (χ3v) is 4.29. The Kier molecular flexibility index (Phi) is 2.85. The highest BCUT2D eigenvalue weighted by Gasteiger charge is 2.43. The van der Waals surface area contributed by atoms with Gasteiger partial charge in [-0.25, -0.2) is 0 Å². The van der Waals surface area contributed by atoms with E-state index in [1.165, 1.54) is 32.1 Å². The molecule has 0 spiro atoms. The molecule has 1 N–H and O–H groups in total. The van der Waals surface area contributed by atoms with Crippen LogP contribution in [-0.2, 0) is 4.74 Å². The van der Waals surface area contributed by atoms with Gasteiger partial charge in [-0.2, -0.15) is 0 Å².